The molecule has 7 heteroatoms. The van der Waals surface area contributed by atoms with Gasteiger partial charge in [0.05, 0.1) is 0 Å². The maximum atomic E-state index is 11.9. The third kappa shape index (κ3) is 5.80. The molecule has 0 fully saturated rings. The highest BCUT2D eigenvalue weighted by Gasteiger charge is 2.07. The summed E-state index contributed by atoms with van der Waals surface area (Å²) in [6.45, 7) is 1.51. The number of carbonyl (C=O) groups is 2. The van der Waals surface area contributed by atoms with Crippen molar-refractivity contribution in [2.45, 2.75) is 6.54 Å². The Morgan fingerprint density at radius 1 is 1.16 bits per heavy atom. The first-order valence-corrected chi connectivity index (χ1v) is 7.42. The van der Waals surface area contributed by atoms with Gasteiger partial charge in [0, 0.05) is 17.8 Å². The van der Waals surface area contributed by atoms with Crippen molar-refractivity contribution in [2.75, 3.05) is 5.32 Å². The lowest BCUT2D eigenvalue weighted by atomic mass is 10.2. The second-order valence-electron chi connectivity index (χ2n) is 4.88. The fourth-order valence-corrected chi connectivity index (χ4v) is 2.01. The molecular formula is C18H16N5O2. The smallest absolute Gasteiger partial charge is 0.252 e. The maximum absolute atomic E-state index is 11.9. The molecule has 0 aliphatic heterocycles. The van der Waals surface area contributed by atoms with Crippen LogP contribution in [0.5, 0.6) is 0 Å². The summed E-state index contributed by atoms with van der Waals surface area (Å²) >= 11 is 0. The lowest BCUT2D eigenvalue weighted by molar-refractivity contribution is -0.105. The van der Waals surface area contributed by atoms with Crippen LogP contribution >= 0.6 is 0 Å². The molecule has 125 valence electrons. The van der Waals surface area contributed by atoms with E-state index in [4.69, 9.17) is 5.26 Å². The average molecular weight is 334 g/mol. The Labute approximate surface area is 145 Å². The second kappa shape index (κ2) is 9.47. The third-order valence-electron chi connectivity index (χ3n) is 3.13. The van der Waals surface area contributed by atoms with E-state index < -0.39 is 5.91 Å². The molecule has 0 aliphatic carbocycles. The van der Waals surface area contributed by atoms with Gasteiger partial charge in [0.25, 0.3) is 5.91 Å². The SMILES string of the molecule is N#CN=C(NCc1ccccc1)Nc1cccc(C(=O)N[CH]C=O)c1. The quantitative estimate of drug-likeness (QED) is 0.323. The predicted octanol–water partition coefficient (Wildman–Crippen LogP) is 1.82. The zero-order chi connectivity index (χ0) is 17.9. The summed E-state index contributed by atoms with van der Waals surface area (Å²) in [5.74, 6) is -0.143. The normalized spacial score (nSPS) is 10.4. The minimum atomic E-state index is -0.410. The molecule has 0 spiro atoms. The molecule has 3 N–H and O–H groups in total. The number of hydrogen-bond acceptors (Lipinski definition) is 4. The molecule has 0 bridgehead atoms. The van der Waals surface area contributed by atoms with E-state index in [1.165, 1.54) is 0 Å². The summed E-state index contributed by atoms with van der Waals surface area (Å²) in [6.07, 6.45) is 2.22. The molecule has 0 aliphatic rings. The summed E-state index contributed by atoms with van der Waals surface area (Å²) in [6, 6.07) is 16.3. The van der Waals surface area contributed by atoms with Gasteiger partial charge in [0.15, 0.2) is 0 Å². The molecule has 0 saturated carbocycles. The van der Waals surface area contributed by atoms with Crippen molar-refractivity contribution in [3.05, 3.63) is 72.3 Å². The van der Waals surface area contributed by atoms with Gasteiger partial charge in [0.2, 0.25) is 12.2 Å². The number of hydrogen-bond donors (Lipinski definition) is 3. The van der Waals surface area contributed by atoms with Gasteiger partial charge in [-0.1, -0.05) is 36.4 Å². The first-order valence-electron chi connectivity index (χ1n) is 7.42. The van der Waals surface area contributed by atoms with Crippen LogP contribution in [-0.4, -0.2) is 18.2 Å². The average Bonchev–Trinajstić information content (AvgIpc) is 2.65. The van der Waals surface area contributed by atoms with Gasteiger partial charge in [-0.3, -0.25) is 4.79 Å². The van der Waals surface area contributed by atoms with E-state index in [0.717, 1.165) is 12.1 Å². The monoisotopic (exact) mass is 334 g/mol. The Morgan fingerprint density at radius 2 is 1.96 bits per heavy atom. The fourth-order valence-electron chi connectivity index (χ4n) is 2.01. The second-order valence-corrected chi connectivity index (χ2v) is 4.88. The summed E-state index contributed by atoms with van der Waals surface area (Å²) in [7, 11) is 0. The van der Waals surface area contributed by atoms with Crippen LogP contribution < -0.4 is 16.0 Å². The molecule has 2 aromatic carbocycles. The Kier molecular flexibility index (Phi) is 6.70. The highest BCUT2D eigenvalue weighted by atomic mass is 16.2. The van der Waals surface area contributed by atoms with E-state index in [9.17, 15) is 9.59 Å². The van der Waals surface area contributed by atoms with Crippen LogP contribution in [0.4, 0.5) is 5.69 Å². The number of benzene rings is 2. The van der Waals surface area contributed by atoms with Crippen LogP contribution in [0.3, 0.4) is 0 Å². The first kappa shape index (κ1) is 17.7. The van der Waals surface area contributed by atoms with Crippen LogP contribution in [-0.2, 0) is 11.3 Å². The van der Waals surface area contributed by atoms with E-state index in [1.807, 2.05) is 30.3 Å². The minimum absolute atomic E-state index is 0.267. The lowest BCUT2D eigenvalue weighted by Crippen LogP contribution is -2.30. The highest BCUT2D eigenvalue weighted by molar-refractivity contribution is 5.99. The van der Waals surface area contributed by atoms with Gasteiger partial charge in [-0.25, -0.2) is 0 Å². The van der Waals surface area contributed by atoms with Gasteiger partial charge in [-0.2, -0.15) is 5.26 Å². The molecule has 7 nitrogen and oxygen atoms in total. The van der Waals surface area contributed by atoms with Crippen LogP contribution in [0.25, 0.3) is 0 Å². The van der Waals surface area contributed by atoms with Gasteiger partial charge in [-0.05, 0) is 23.8 Å². The Balaban J connectivity index is 2.04. The van der Waals surface area contributed by atoms with E-state index >= 15 is 0 Å². The van der Waals surface area contributed by atoms with Crippen molar-refractivity contribution < 1.29 is 9.59 Å². The number of carbonyl (C=O) groups excluding carboxylic acids is 2. The zero-order valence-electron chi connectivity index (χ0n) is 13.3. The van der Waals surface area contributed by atoms with Crippen molar-refractivity contribution in [3.63, 3.8) is 0 Å². The molecule has 0 atom stereocenters. The molecule has 0 saturated heterocycles. The van der Waals surface area contributed by atoms with Crippen molar-refractivity contribution >= 4 is 23.8 Å². The molecule has 2 rings (SSSR count). The number of anilines is 1. The summed E-state index contributed by atoms with van der Waals surface area (Å²) in [5, 5.41) is 17.2. The van der Waals surface area contributed by atoms with Gasteiger partial charge < -0.3 is 20.7 Å². The van der Waals surface area contributed by atoms with Crippen molar-refractivity contribution in [1.82, 2.24) is 10.6 Å². The van der Waals surface area contributed by atoms with E-state index in [0.29, 0.717) is 24.1 Å². The summed E-state index contributed by atoms with van der Waals surface area (Å²) < 4.78 is 0. The first-order chi connectivity index (χ1) is 12.2. The van der Waals surface area contributed by atoms with Crippen molar-refractivity contribution in [3.8, 4) is 6.19 Å². The molecule has 0 unspecified atom stereocenters. The molecule has 1 radical (unpaired) electrons. The Morgan fingerprint density at radius 3 is 2.68 bits per heavy atom. The van der Waals surface area contributed by atoms with Gasteiger partial charge in [0.1, 0.15) is 12.8 Å². The molecular weight excluding hydrogens is 318 g/mol. The zero-order valence-corrected chi connectivity index (χ0v) is 13.3. The number of rotatable bonds is 6. The minimum Gasteiger partial charge on any atom is -0.351 e. The number of amides is 1. The van der Waals surface area contributed by atoms with Crippen molar-refractivity contribution in [2.24, 2.45) is 4.99 Å². The van der Waals surface area contributed by atoms with Crippen LogP contribution in [0.2, 0.25) is 0 Å². The third-order valence-corrected chi connectivity index (χ3v) is 3.13. The number of nitriles is 1. The van der Waals surface area contributed by atoms with Gasteiger partial charge >= 0.3 is 0 Å². The molecule has 1 amide bonds. The van der Waals surface area contributed by atoms with Crippen LogP contribution in [0.1, 0.15) is 15.9 Å². The van der Waals surface area contributed by atoms with Gasteiger partial charge in [-0.15, -0.1) is 4.99 Å². The number of nitrogens with one attached hydrogen (secondary N) is 3. The molecule has 25 heavy (non-hydrogen) atoms. The number of aliphatic imine (C=N–C) groups is 1. The topological polar surface area (TPSA) is 106 Å². The van der Waals surface area contributed by atoms with Crippen molar-refractivity contribution in [1.29, 1.82) is 5.26 Å². The molecule has 2 aromatic rings. The number of guanidine groups is 1. The number of aldehydes is 1. The number of nitrogens with zero attached hydrogens (tertiary/aromatic N) is 2. The van der Waals surface area contributed by atoms with Crippen LogP contribution in [0, 0.1) is 18.0 Å². The maximum Gasteiger partial charge on any atom is 0.252 e. The molecule has 0 heterocycles. The summed E-state index contributed by atoms with van der Waals surface area (Å²) in [5.41, 5.74) is 1.98. The molecule has 0 aromatic heterocycles. The summed E-state index contributed by atoms with van der Waals surface area (Å²) in [4.78, 5) is 25.8. The van der Waals surface area contributed by atoms with Crippen LogP contribution in [0.15, 0.2) is 59.6 Å². The van der Waals surface area contributed by atoms with E-state index in [2.05, 4.69) is 20.9 Å². The highest BCUT2D eigenvalue weighted by Crippen LogP contribution is 2.11. The Hall–Kier alpha value is -3.66. The van der Waals surface area contributed by atoms with E-state index in [1.54, 1.807) is 30.5 Å². The Bertz CT molecular complexity index is 797. The lowest BCUT2D eigenvalue weighted by Gasteiger charge is -2.12. The van der Waals surface area contributed by atoms with E-state index in [-0.39, 0.29) is 5.96 Å². The largest absolute Gasteiger partial charge is 0.351 e. The predicted molar refractivity (Wildman–Crippen MR) is 94.2 cm³/mol. The standard InChI is InChI=1S/C18H16N5O2/c19-13-22-18(21-12-14-5-2-1-3-6-14)23-16-8-4-7-15(11-16)17(25)20-9-10-24/h1-11H,12H2,(H,20,25)(H2,21,22,23). The fraction of sp³-hybridized carbons (Fsp3) is 0.0556.